The van der Waals surface area contributed by atoms with Gasteiger partial charge in [-0.3, -0.25) is 0 Å². The van der Waals surface area contributed by atoms with Gasteiger partial charge in [-0.2, -0.15) is 5.21 Å². The molecule has 1 aromatic rings. The highest BCUT2D eigenvalue weighted by molar-refractivity contribution is 5.55. The maximum absolute atomic E-state index is 5.39. The summed E-state index contributed by atoms with van der Waals surface area (Å²) in [5, 5.41) is 9.83. The van der Waals surface area contributed by atoms with Crippen LogP contribution in [0.4, 0.5) is 11.6 Å². The summed E-state index contributed by atoms with van der Waals surface area (Å²) in [6, 6.07) is 0. The van der Waals surface area contributed by atoms with Crippen LogP contribution in [0.25, 0.3) is 0 Å². The number of rotatable bonds is 1. The monoisotopic (exact) mass is 127 g/mol. The van der Waals surface area contributed by atoms with Gasteiger partial charge in [0.25, 0.3) is 0 Å². The molecule has 1 rings (SSSR count). The Balaban J connectivity index is 2.94. The van der Waals surface area contributed by atoms with Crippen LogP contribution in [0.5, 0.6) is 0 Å². The molecule has 0 aliphatic rings. The molecule has 0 radical (unpaired) electrons. The SMILES string of the molecule is CN(C)c1n[nH]nc1N. The van der Waals surface area contributed by atoms with Gasteiger partial charge >= 0.3 is 0 Å². The molecule has 0 aliphatic heterocycles. The van der Waals surface area contributed by atoms with Crippen molar-refractivity contribution >= 4 is 11.6 Å². The first-order chi connectivity index (χ1) is 4.22. The van der Waals surface area contributed by atoms with E-state index < -0.39 is 0 Å². The van der Waals surface area contributed by atoms with E-state index in [1.54, 1.807) is 4.90 Å². The van der Waals surface area contributed by atoms with E-state index >= 15 is 0 Å². The Hall–Kier alpha value is -1.26. The molecule has 50 valence electrons. The van der Waals surface area contributed by atoms with Crippen LogP contribution in [0.1, 0.15) is 0 Å². The average molecular weight is 127 g/mol. The lowest BCUT2D eigenvalue weighted by atomic mass is 10.6. The normalized spacial score (nSPS) is 9.56. The number of hydrogen-bond acceptors (Lipinski definition) is 4. The second-order valence-electron chi connectivity index (χ2n) is 1.93. The van der Waals surface area contributed by atoms with E-state index in [-0.39, 0.29) is 0 Å². The predicted molar refractivity (Wildman–Crippen MR) is 35.1 cm³/mol. The van der Waals surface area contributed by atoms with Crippen LogP contribution in [0, 0.1) is 0 Å². The summed E-state index contributed by atoms with van der Waals surface area (Å²) < 4.78 is 0. The molecule has 0 bridgehead atoms. The highest BCUT2D eigenvalue weighted by atomic mass is 15.4. The number of aromatic amines is 1. The van der Waals surface area contributed by atoms with Crippen molar-refractivity contribution in [2.24, 2.45) is 0 Å². The number of nitrogens with two attached hydrogens (primary N) is 1. The van der Waals surface area contributed by atoms with Crippen molar-refractivity contribution in [2.45, 2.75) is 0 Å². The summed E-state index contributed by atoms with van der Waals surface area (Å²) in [6.07, 6.45) is 0. The molecule has 0 amide bonds. The van der Waals surface area contributed by atoms with Crippen LogP contribution >= 0.6 is 0 Å². The minimum absolute atomic E-state index is 0.431. The lowest BCUT2D eigenvalue weighted by Gasteiger charge is -2.05. The van der Waals surface area contributed by atoms with E-state index in [0.29, 0.717) is 11.6 Å². The summed E-state index contributed by atoms with van der Waals surface area (Å²) in [6.45, 7) is 0. The molecule has 0 spiro atoms. The van der Waals surface area contributed by atoms with E-state index in [4.69, 9.17) is 5.73 Å². The summed E-state index contributed by atoms with van der Waals surface area (Å²) in [5.74, 6) is 1.11. The number of nitrogens with zero attached hydrogens (tertiary/aromatic N) is 3. The van der Waals surface area contributed by atoms with Gasteiger partial charge in [0.05, 0.1) is 0 Å². The highest BCUT2D eigenvalue weighted by Crippen LogP contribution is 2.11. The molecule has 1 aromatic heterocycles. The minimum atomic E-state index is 0.431. The molecule has 0 fully saturated rings. The van der Waals surface area contributed by atoms with Gasteiger partial charge in [0.1, 0.15) is 0 Å². The fraction of sp³-hybridized carbons (Fsp3) is 0.500. The van der Waals surface area contributed by atoms with Crippen molar-refractivity contribution < 1.29 is 0 Å². The third-order valence-electron chi connectivity index (χ3n) is 0.979. The zero-order chi connectivity index (χ0) is 6.85. The number of hydrogen-bond donors (Lipinski definition) is 2. The topological polar surface area (TPSA) is 70.8 Å². The first-order valence-electron chi connectivity index (χ1n) is 2.55. The molecule has 5 nitrogen and oxygen atoms in total. The maximum atomic E-state index is 5.39. The van der Waals surface area contributed by atoms with Gasteiger partial charge in [0, 0.05) is 14.1 Å². The van der Waals surface area contributed by atoms with Gasteiger partial charge in [0.2, 0.25) is 0 Å². The quantitative estimate of drug-likeness (QED) is 0.531. The molecule has 0 unspecified atom stereocenters. The smallest absolute Gasteiger partial charge is 0.194 e. The second kappa shape index (κ2) is 1.93. The molecule has 1 heterocycles. The Morgan fingerprint density at radius 2 is 2.11 bits per heavy atom. The average Bonchev–Trinajstić information content (AvgIpc) is 2.13. The summed E-state index contributed by atoms with van der Waals surface area (Å²) in [5.41, 5.74) is 5.39. The summed E-state index contributed by atoms with van der Waals surface area (Å²) in [4.78, 5) is 1.79. The fourth-order valence-electron chi connectivity index (χ4n) is 0.563. The number of nitrogens with one attached hydrogen (secondary N) is 1. The van der Waals surface area contributed by atoms with E-state index in [1.165, 1.54) is 0 Å². The van der Waals surface area contributed by atoms with Crippen molar-refractivity contribution in [3.63, 3.8) is 0 Å². The minimum Gasteiger partial charge on any atom is -0.379 e. The molecule has 0 saturated heterocycles. The highest BCUT2D eigenvalue weighted by Gasteiger charge is 2.02. The first-order valence-corrected chi connectivity index (χ1v) is 2.55. The standard InChI is InChI=1S/C4H9N5/c1-9(2)4-3(5)6-8-7-4/h1-2H3,(H3,5,6,7,8). The Morgan fingerprint density at radius 1 is 1.44 bits per heavy atom. The van der Waals surface area contributed by atoms with Crippen LogP contribution in [-0.4, -0.2) is 29.5 Å². The van der Waals surface area contributed by atoms with Gasteiger partial charge < -0.3 is 10.6 Å². The Morgan fingerprint density at radius 3 is 2.33 bits per heavy atom. The lowest BCUT2D eigenvalue weighted by molar-refractivity contribution is 0.928. The molecule has 0 aliphatic carbocycles. The molecule has 0 atom stereocenters. The molecule has 9 heavy (non-hydrogen) atoms. The van der Waals surface area contributed by atoms with Crippen molar-refractivity contribution in [1.29, 1.82) is 0 Å². The lowest BCUT2D eigenvalue weighted by Crippen LogP contribution is -2.10. The van der Waals surface area contributed by atoms with Gasteiger partial charge in [-0.1, -0.05) is 0 Å². The van der Waals surface area contributed by atoms with Gasteiger partial charge in [0.15, 0.2) is 11.6 Å². The molecule has 0 aromatic carbocycles. The van der Waals surface area contributed by atoms with Crippen LogP contribution in [-0.2, 0) is 0 Å². The largest absolute Gasteiger partial charge is 0.379 e. The third-order valence-corrected chi connectivity index (χ3v) is 0.979. The van der Waals surface area contributed by atoms with Gasteiger partial charge in [-0.25, -0.2) is 0 Å². The Labute approximate surface area is 52.8 Å². The number of H-pyrrole nitrogens is 1. The molecular weight excluding hydrogens is 118 g/mol. The number of anilines is 2. The summed E-state index contributed by atoms with van der Waals surface area (Å²) >= 11 is 0. The van der Waals surface area contributed by atoms with Crippen LogP contribution < -0.4 is 10.6 Å². The third kappa shape index (κ3) is 0.933. The number of aromatic nitrogens is 3. The van der Waals surface area contributed by atoms with Crippen molar-refractivity contribution in [2.75, 3.05) is 24.7 Å². The van der Waals surface area contributed by atoms with E-state index in [9.17, 15) is 0 Å². The molecule has 3 N–H and O–H groups in total. The van der Waals surface area contributed by atoms with Gasteiger partial charge in [-0.05, 0) is 0 Å². The summed E-state index contributed by atoms with van der Waals surface area (Å²) in [7, 11) is 3.71. The predicted octanol–water partition coefficient (Wildman–Crippen LogP) is -0.547. The van der Waals surface area contributed by atoms with E-state index in [0.717, 1.165) is 0 Å². The molecule has 0 saturated carbocycles. The van der Waals surface area contributed by atoms with Crippen LogP contribution in [0.2, 0.25) is 0 Å². The maximum Gasteiger partial charge on any atom is 0.194 e. The fourth-order valence-corrected chi connectivity index (χ4v) is 0.563. The number of nitrogen functional groups attached to an aromatic ring is 1. The second-order valence-corrected chi connectivity index (χ2v) is 1.93. The van der Waals surface area contributed by atoms with Crippen molar-refractivity contribution in [3.8, 4) is 0 Å². The first kappa shape index (κ1) is 5.87. The molecule has 5 heteroatoms. The van der Waals surface area contributed by atoms with Crippen LogP contribution in [0.15, 0.2) is 0 Å². The van der Waals surface area contributed by atoms with Crippen molar-refractivity contribution in [1.82, 2.24) is 15.4 Å². The van der Waals surface area contributed by atoms with E-state index in [1.807, 2.05) is 14.1 Å². The Bertz CT molecular complexity index is 191. The zero-order valence-electron chi connectivity index (χ0n) is 5.42. The van der Waals surface area contributed by atoms with Crippen molar-refractivity contribution in [3.05, 3.63) is 0 Å². The Kier molecular flexibility index (Phi) is 1.26. The van der Waals surface area contributed by atoms with Gasteiger partial charge in [-0.15, -0.1) is 10.2 Å². The zero-order valence-corrected chi connectivity index (χ0v) is 5.42. The van der Waals surface area contributed by atoms with E-state index in [2.05, 4.69) is 15.4 Å². The molecular formula is C4H9N5. The van der Waals surface area contributed by atoms with Crippen LogP contribution in [0.3, 0.4) is 0 Å².